The first-order chi connectivity index (χ1) is 12.6. The molecule has 0 radical (unpaired) electrons. The first-order valence-corrected chi connectivity index (χ1v) is 8.41. The molecular weight excluding hydrogens is 322 g/mol. The van der Waals surface area contributed by atoms with Crippen molar-refractivity contribution in [3.8, 4) is 11.3 Å². The van der Waals surface area contributed by atoms with Crippen molar-refractivity contribution in [2.75, 3.05) is 7.05 Å². The minimum atomic E-state index is -0.440. The van der Waals surface area contributed by atoms with E-state index in [0.717, 1.165) is 33.3 Å². The molecule has 26 heavy (non-hydrogen) atoms. The normalized spacial score (nSPS) is 12.4. The Kier molecular flexibility index (Phi) is 4.94. The maximum absolute atomic E-state index is 12.0. The van der Waals surface area contributed by atoms with Crippen LogP contribution < -0.4 is 5.73 Å². The van der Waals surface area contributed by atoms with Gasteiger partial charge in [0.15, 0.2) is 0 Å². The molecule has 0 saturated heterocycles. The number of fused-ring (bicyclic) bond motifs is 1. The van der Waals surface area contributed by atoms with Gasteiger partial charge in [-0.2, -0.15) is 0 Å². The summed E-state index contributed by atoms with van der Waals surface area (Å²) in [5.41, 5.74) is 10.5. The van der Waals surface area contributed by atoms with Gasteiger partial charge in [-0.1, -0.05) is 48.5 Å². The minimum Gasteiger partial charge on any atom is -0.366 e. The topological polar surface area (TPSA) is 68.3 Å². The predicted molar refractivity (Wildman–Crippen MR) is 108 cm³/mol. The number of primary amides is 1. The van der Waals surface area contributed by atoms with Crippen molar-refractivity contribution in [2.45, 2.75) is 12.8 Å². The van der Waals surface area contributed by atoms with Crippen LogP contribution in [0.25, 0.3) is 22.2 Å². The average molecular weight is 343 g/mol. The second-order valence-electron chi connectivity index (χ2n) is 6.13. The van der Waals surface area contributed by atoms with Gasteiger partial charge in [0, 0.05) is 30.1 Å². The van der Waals surface area contributed by atoms with Crippen molar-refractivity contribution in [1.82, 2.24) is 4.98 Å². The first kappa shape index (κ1) is 17.5. The summed E-state index contributed by atoms with van der Waals surface area (Å²) in [6.45, 7) is 5.75. The van der Waals surface area contributed by atoms with Crippen LogP contribution in [0.5, 0.6) is 0 Å². The standard InChI is InChI=1S/C22H21N3O/c1-4-15(13-24-3)16-9-11-17(12-10-16)21-14(2)20(22(23)26)18-7-5-6-8-19(18)25-21/h4-13,15H,1H2,2-3H3,(H2,23,26). The number of benzene rings is 2. The summed E-state index contributed by atoms with van der Waals surface area (Å²) in [7, 11) is 1.75. The lowest BCUT2D eigenvalue weighted by Crippen LogP contribution is -2.14. The summed E-state index contributed by atoms with van der Waals surface area (Å²) in [4.78, 5) is 20.9. The molecule has 1 amide bonds. The number of allylic oxidation sites excluding steroid dienone is 1. The van der Waals surface area contributed by atoms with Crippen molar-refractivity contribution in [3.05, 3.63) is 77.9 Å². The zero-order chi connectivity index (χ0) is 18.7. The molecule has 3 aromatic rings. The lowest BCUT2D eigenvalue weighted by atomic mass is 9.94. The largest absolute Gasteiger partial charge is 0.366 e. The number of hydrogen-bond acceptors (Lipinski definition) is 3. The van der Waals surface area contributed by atoms with Gasteiger partial charge in [-0.3, -0.25) is 9.79 Å². The third kappa shape index (κ3) is 3.14. The fourth-order valence-corrected chi connectivity index (χ4v) is 3.21. The van der Waals surface area contributed by atoms with Crippen molar-refractivity contribution >= 4 is 23.0 Å². The molecule has 0 saturated carbocycles. The minimum absolute atomic E-state index is 0.0703. The molecule has 0 aliphatic carbocycles. The summed E-state index contributed by atoms with van der Waals surface area (Å²) >= 11 is 0. The van der Waals surface area contributed by atoms with Gasteiger partial charge in [0.05, 0.1) is 16.8 Å². The Balaban J connectivity index is 2.15. The summed E-state index contributed by atoms with van der Waals surface area (Å²) in [6, 6.07) is 15.6. The van der Waals surface area contributed by atoms with E-state index in [-0.39, 0.29) is 5.92 Å². The molecule has 4 heteroatoms. The molecule has 1 atom stereocenters. The van der Waals surface area contributed by atoms with Crippen LogP contribution in [-0.4, -0.2) is 24.2 Å². The zero-order valence-corrected chi connectivity index (χ0v) is 14.9. The number of pyridine rings is 1. The zero-order valence-electron chi connectivity index (χ0n) is 14.9. The van der Waals surface area contributed by atoms with Gasteiger partial charge in [0.25, 0.3) is 0 Å². The Morgan fingerprint density at radius 3 is 2.50 bits per heavy atom. The van der Waals surface area contributed by atoms with Crippen LogP contribution >= 0.6 is 0 Å². The molecule has 2 N–H and O–H groups in total. The van der Waals surface area contributed by atoms with E-state index < -0.39 is 5.91 Å². The number of nitrogens with two attached hydrogens (primary N) is 1. The Bertz CT molecular complexity index is 1000. The van der Waals surface area contributed by atoms with Crippen LogP contribution in [-0.2, 0) is 0 Å². The van der Waals surface area contributed by atoms with Gasteiger partial charge < -0.3 is 5.73 Å². The van der Waals surface area contributed by atoms with E-state index in [9.17, 15) is 4.79 Å². The number of aliphatic imine (C=N–C) groups is 1. The monoisotopic (exact) mass is 343 g/mol. The first-order valence-electron chi connectivity index (χ1n) is 8.41. The van der Waals surface area contributed by atoms with Gasteiger partial charge in [0.2, 0.25) is 5.91 Å². The maximum Gasteiger partial charge on any atom is 0.249 e. The van der Waals surface area contributed by atoms with Crippen LogP contribution in [0.15, 0.2) is 66.2 Å². The van der Waals surface area contributed by atoms with E-state index >= 15 is 0 Å². The van der Waals surface area contributed by atoms with Crippen LogP contribution in [0, 0.1) is 6.92 Å². The Hall–Kier alpha value is -3.27. The lowest BCUT2D eigenvalue weighted by molar-refractivity contribution is 0.100. The van der Waals surface area contributed by atoms with E-state index in [2.05, 4.69) is 11.6 Å². The molecule has 0 aliphatic rings. The molecule has 1 aromatic heterocycles. The van der Waals surface area contributed by atoms with E-state index in [1.165, 1.54) is 0 Å². The molecule has 0 spiro atoms. The summed E-state index contributed by atoms with van der Waals surface area (Å²) in [6.07, 6.45) is 3.71. The number of carbonyl (C=O) groups is 1. The quantitative estimate of drug-likeness (QED) is 0.555. The molecule has 2 aromatic carbocycles. The second kappa shape index (κ2) is 7.31. The smallest absolute Gasteiger partial charge is 0.249 e. The highest BCUT2D eigenvalue weighted by Crippen LogP contribution is 2.30. The van der Waals surface area contributed by atoms with Crippen molar-refractivity contribution in [2.24, 2.45) is 10.7 Å². The highest BCUT2D eigenvalue weighted by atomic mass is 16.1. The Morgan fingerprint density at radius 2 is 1.88 bits per heavy atom. The number of carbonyl (C=O) groups excluding carboxylic acids is 1. The summed E-state index contributed by atoms with van der Waals surface area (Å²) in [5, 5.41) is 0.781. The van der Waals surface area contributed by atoms with Gasteiger partial charge in [-0.25, -0.2) is 4.98 Å². The molecule has 0 bridgehead atoms. The third-order valence-corrected chi connectivity index (χ3v) is 4.51. The van der Waals surface area contributed by atoms with Gasteiger partial charge in [-0.05, 0) is 24.1 Å². The van der Waals surface area contributed by atoms with E-state index in [4.69, 9.17) is 10.7 Å². The SMILES string of the molecule is C=CC(C=NC)c1ccc(-c2nc3ccccc3c(C(N)=O)c2C)cc1. The molecule has 0 fully saturated rings. The van der Waals surface area contributed by atoms with Crippen LogP contribution in [0.2, 0.25) is 0 Å². The fraction of sp³-hybridized carbons (Fsp3) is 0.136. The van der Waals surface area contributed by atoms with Crippen molar-refractivity contribution < 1.29 is 4.79 Å². The van der Waals surface area contributed by atoms with Gasteiger partial charge >= 0.3 is 0 Å². The van der Waals surface area contributed by atoms with Crippen LogP contribution in [0.4, 0.5) is 0 Å². The van der Waals surface area contributed by atoms with Gasteiger partial charge in [0.1, 0.15) is 0 Å². The molecule has 130 valence electrons. The predicted octanol–water partition coefficient (Wildman–Crippen LogP) is 4.28. The lowest BCUT2D eigenvalue weighted by Gasteiger charge is -2.13. The van der Waals surface area contributed by atoms with E-state index in [0.29, 0.717) is 5.56 Å². The molecule has 0 aliphatic heterocycles. The number of rotatable bonds is 5. The van der Waals surface area contributed by atoms with Crippen LogP contribution in [0.3, 0.4) is 0 Å². The highest BCUT2D eigenvalue weighted by molar-refractivity contribution is 6.08. The third-order valence-electron chi connectivity index (χ3n) is 4.51. The Labute approximate surface area is 153 Å². The second-order valence-corrected chi connectivity index (χ2v) is 6.13. The molecule has 3 rings (SSSR count). The van der Waals surface area contributed by atoms with Crippen LogP contribution in [0.1, 0.15) is 27.4 Å². The number of hydrogen-bond donors (Lipinski definition) is 1. The molecular formula is C22H21N3O. The number of nitrogens with zero attached hydrogens (tertiary/aromatic N) is 2. The van der Waals surface area contributed by atoms with E-state index in [1.807, 2.05) is 67.7 Å². The maximum atomic E-state index is 12.0. The van der Waals surface area contributed by atoms with Crippen molar-refractivity contribution in [1.29, 1.82) is 0 Å². The fourth-order valence-electron chi connectivity index (χ4n) is 3.21. The number of aromatic nitrogens is 1. The average Bonchev–Trinajstić information content (AvgIpc) is 2.65. The molecule has 1 unspecified atom stereocenters. The highest BCUT2D eigenvalue weighted by Gasteiger charge is 2.17. The Morgan fingerprint density at radius 1 is 1.19 bits per heavy atom. The number of amides is 1. The van der Waals surface area contributed by atoms with E-state index in [1.54, 1.807) is 7.05 Å². The van der Waals surface area contributed by atoms with Crippen molar-refractivity contribution in [3.63, 3.8) is 0 Å². The summed E-state index contributed by atoms with van der Waals surface area (Å²) < 4.78 is 0. The van der Waals surface area contributed by atoms with Gasteiger partial charge in [-0.15, -0.1) is 6.58 Å². The number of para-hydroxylation sites is 1. The summed E-state index contributed by atoms with van der Waals surface area (Å²) in [5.74, 6) is -0.370. The molecule has 1 heterocycles. The molecule has 4 nitrogen and oxygen atoms in total.